The van der Waals surface area contributed by atoms with E-state index in [-0.39, 0.29) is 18.9 Å². The van der Waals surface area contributed by atoms with Crippen LogP contribution in [-0.2, 0) is 23.7 Å². The van der Waals surface area contributed by atoms with E-state index in [9.17, 15) is 45.6 Å². The van der Waals surface area contributed by atoms with Crippen LogP contribution in [0.4, 0.5) is 0 Å². The van der Waals surface area contributed by atoms with Gasteiger partial charge < -0.3 is 65.1 Å². The normalized spacial score (nSPS) is 22.5. The summed E-state index contributed by atoms with van der Waals surface area (Å²) in [6.07, 6.45) is 66.9. The van der Waals surface area contributed by atoms with Gasteiger partial charge in [-0.15, -0.1) is 0 Å². The Hall–Kier alpha value is -1.53. The van der Waals surface area contributed by atoms with Crippen LogP contribution in [0.25, 0.3) is 0 Å². The van der Waals surface area contributed by atoms with Gasteiger partial charge in [0.05, 0.1) is 32.0 Å². The Bertz CT molecular complexity index is 1670. The van der Waals surface area contributed by atoms with Crippen molar-refractivity contribution in [2.45, 2.75) is 460 Å². The Kier molecular flexibility index (Phi) is 61.1. The molecule has 14 heteroatoms. The molecule has 2 aliphatic rings. The van der Waals surface area contributed by atoms with Crippen molar-refractivity contribution < 1.29 is 64.6 Å². The molecule has 1 amide bonds. The number of aliphatic hydroxyl groups is 8. The minimum Gasteiger partial charge on any atom is -0.394 e. The summed E-state index contributed by atoms with van der Waals surface area (Å²) in [5.74, 6) is -0.230. The van der Waals surface area contributed by atoms with Crippen LogP contribution in [0, 0.1) is 0 Å². The summed E-state index contributed by atoms with van der Waals surface area (Å²) >= 11 is 0. The molecule has 12 unspecified atom stereocenters. The number of rotatable bonds is 69. The van der Waals surface area contributed by atoms with Crippen LogP contribution in [-0.4, -0.2) is 140 Å². The maximum atomic E-state index is 13.4. The zero-order valence-electron chi connectivity index (χ0n) is 61.0. The van der Waals surface area contributed by atoms with Gasteiger partial charge in [-0.1, -0.05) is 359 Å². The molecule has 14 nitrogen and oxygen atoms in total. The van der Waals surface area contributed by atoms with Gasteiger partial charge in [0.25, 0.3) is 0 Å². The summed E-state index contributed by atoms with van der Waals surface area (Å²) in [5.41, 5.74) is 0. The predicted molar refractivity (Wildman–Crippen MR) is 388 cm³/mol. The minimum absolute atomic E-state index is 0.230. The number of amides is 1. The molecule has 2 rings (SSSR count). The number of hydrogen-bond donors (Lipinski definition) is 9. The van der Waals surface area contributed by atoms with E-state index in [4.69, 9.17) is 18.9 Å². The second-order valence-electron chi connectivity index (χ2n) is 28.9. The summed E-state index contributed by atoms with van der Waals surface area (Å²) in [6, 6.07) is -0.914. The second kappa shape index (κ2) is 64.8. The molecule has 2 fully saturated rings. The van der Waals surface area contributed by atoms with Crippen molar-refractivity contribution in [3.8, 4) is 0 Å². The molecule has 2 saturated heterocycles. The van der Waals surface area contributed by atoms with Gasteiger partial charge in [0.15, 0.2) is 12.6 Å². The lowest BCUT2D eigenvalue weighted by atomic mass is 9.97. The van der Waals surface area contributed by atoms with Gasteiger partial charge >= 0.3 is 0 Å². The third kappa shape index (κ3) is 47.5. The van der Waals surface area contributed by atoms with Crippen molar-refractivity contribution in [2.24, 2.45) is 0 Å². The third-order valence-electron chi connectivity index (χ3n) is 20.1. The van der Waals surface area contributed by atoms with Gasteiger partial charge in [0.1, 0.15) is 48.8 Å². The maximum Gasteiger partial charge on any atom is 0.220 e. The number of aliphatic hydroxyl groups excluding tert-OH is 8. The summed E-state index contributed by atoms with van der Waals surface area (Å²) in [5, 5.41) is 87.7. The SMILES string of the molecule is CCCCCCCCCC/C=C\CCCCCCCCCCCCCCCCCCCCCCCC(=O)NC(COC1OC(CO)C(OC2OC(CO)C(O)C(O)C2O)C(O)C1O)C(O)/C=C/CCCCCCCCCCCCCCCCCCCCCCCCCCC. The molecule has 94 heavy (non-hydrogen) atoms. The fraction of sp³-hybridized carbons (Fsp3) is 0.938. The smallest absolute Gasteiger partial charge is 0.220 e. The van der Waals surface area contributed by atoms with Gasteiger partial charge in [-0.25, -0.2) is 0 Å². The predicted octanol–water partition coefficient (Wildman–Crippen LogP) is 18.3. The van der Waals surface area contributed by atoms with E-state index in [0.717, 1.165) is 38.5 Å². The molecule has 0 radical (unpaired) electrons. The summed E-state index contributed by atoms with van der Waals surface area (Å²) < 4.78 is 22.9. The highest BCUT2D eigenvalue weighted by molar-refractivity contribution is 5.76. The van der Waals surface area contributed by atoms with Crippen molar-refractivity contribution in [3.05, 3.63) is 24.3 Å². The highest BCUT2D eigenvalue weighted by Crippen LogP contribution is 2.30. The Balaban J connectivity index is 1.61. The fourth-order valence-electron chi connectivity index (χ4n) is 13.7. The van der Waals surface area contributed by atoms with Gasteiger partial charge in [0.2, 0.25) is 5.91 Å². The van der Waals surface area contributed by atoms with Crippen molar-refractivity contribution in [1.29, 1.82) is 0 Å². The number of hydrogen-bond acceptors (Lipinski definition) is 13. The van der Waals surface area contributed by atoms with Crippen molar-refractivity contribution >= 4 is 5.91 Å². The number of unbranched alkanes of at least 4 members (excludes halogenated alkanes) is 54. The first-order chi connectivity index (χ1) is 46.1. The lowest BCUT2D eigenvalue weighted by Crippen LogP contribution is -2.65. The second-order valence-corrected chi connectivity index (χ2v) is 28.9. The van der Waals surface area contributed by atoms with E-state index in [0.29, 0.717) is 6.42 Å². The molecule has 0 bridgehead atoms. The first-order valence-corrected chi connectivity index (χ1v) is 40.6. The van der Waals surface area contributed by atoms with E-state index in [1.807, 2.05) is 6.08 Å². The molecule has 0 aromatic carbocycles. The number of nitrogens with one attached hydrogen (secondary N) is 1. The summed E-state index contributed by atoms with van der Waals surface area (Å²) in [4.78, 5) is 13.4. The fourth-order valence-corrected chi connectivity index (χ4v) is 13.7. The number of allylic oxidation sites excluding steroid dienone is 3. The number of carbonyl (C=O) groups excluding carboxylic acids is 1. The quantitative estimate of drug-likeness (QED) is 0.0204. The van der Waals surface area contributed by atoms with E-state index < -0.39 is 86.8 Å². The molecule has 556 valence electrons. The van der Waals surface area contributed by atoms with Crippen molar-refractivity contribution in [3.63, 3.8) is 0 Å². The first-order valence-electron chi connectivity index (χ1n) is 40.6. The first kappa shape index (κ1) is 88.6. The standard InChI is InChI=1S/C80H153NO13/c1-3-5-7-9-11-13-15-17-19-21-23-25-27-29-31-32-33-34-35-36-38-40-42-44-46-48-50-52-54-56-58-60-62-64-72(85)81-68(67-91-79-77(90)75(88)78(71(66-83)93-79)94-80-76(89)74(87)73(86)70(65-82)92-80)69(84)63-61-59-57-55-53-51-49-47-45-43-41-39-37-30-28-26-24-22-20-18-16-14-12-10-8-6-4-2/h21,23,61,63,68-71,73-80,82-84,86-90H,3-20,22,24-60,62,64-67H2,1-2H3,(H,81,85)/b23-21-,63-61+. The molecule has 0 aliphatic carbocycles. The van der Waals surface area contributed by atoms with Crippen LogP contribution in [0.1, 0.15) is 386 Å². The molecule has 0 aromatic heterocycles. The Morgan fingerprint density at radius 2 is 0.670 bits per heavy atom. The number of ether oxygens (including phenoxy) is 4. The summed E-state index contributed by atoms with van der Waals surface area (Å²) in [6.45, 7) is 2.87. The Morgan fingerprint density at radius 1 is 0.372 bits per heavy atom. The molecule has 2 aliphatic heterocycles. The zero-order valence-corrected chi connectivity index (χ0v) is 61.0. The molecule has 2 heterocycles. The van der Waals surface area contributed by atoms with Crippen LogP contribution in [0.15, 0.2) is 24.3 Å². The zero-order chi connectivity index (χ0) is 68.0. The van der Waals surface area contributed by atoms with Crippen molar-refractivity contribution in [1.82, 2.24) is 5.32 Å². The van der Waals surface area contributed by atoms with Crippen LogP contribution >= 0.6 is 0 Å². The van der Waals surface area contributed by atoms with Crippen LogP contribution < -0.4 is 5.32 Å². The lowest BCUT2D eigenvalue weighted by molar-refractivity contribution is -0.359. The van der Waals surface area contributed by atoms with Crippen LogP contribution in [0.5, 0.6) is 0 Å². The van der Waals surface area contributed by atoms with E-state index in [1.165, 1.54) is 321 Å². The lowest BCUT2D eigenvalue weighted by Gasteiger charge is -2.46. The molecule has 0 aromatic rings. The average Bonchev–Trinajstić information content (AvgIpc) is 0.794. The Labute approximate surface area is 577 Å². The monoisotopic (exact) mass is 1340 g/mol. The summed E-state index contributed by atoms with van der Waals surface area (Å²) in [7, 11) is 0. The highest BCUT2D eigenvalue weighted by atomic mass is 16.7. The van der Waals surface area contributed by atoms with E-state index in [1.54, 1.807) is 6.08 Å². The van der Waals surface area contributed by atoms with Gasteiger partial charge in [-0.05, 0) is 44.9 Å². The van der Waals surface area contributed by atoms with Crippen LogP contribution in [0.3, 0.4) is 0 Å². The number of carbonyl (C=O) groups is 1. The maximum absolute atomic E-state index is 13.4. The van der Waals surface area contributed by atoms with Crippen LogP contribution in [0.2, 0.25) is 0 Å². The average molecular weight is 1340 g/mol. The van der Waals surface area contributed by atoms with E-state index in [2.05, 4.69) is 31.3 Å². The van der Waals surface area contributed by atoms with Gasteiger partial charge in [-0.2, -0.15) is 0 Å². The van der Waals surface area contributed by atoms with Gasteiger partial charge in [-0.3, -0.25) is 4.79 Å². The topological polar surface area (TPSA) is 228 Å². The molecule has 12 atom stereocenters. The Morgan fingerprint density at radius 3 is 1.01 bits per heavy atom. The molecule has 0 spiro atoms. The molecular weight excluding hydrogens is 1180 g/mol. The molecular formula is C80H153NO13. The molecule has 0 saturated carbocycles. The van der Waals surface area contributed by atoms with Gasteiger partial charge in [0, 0.05) is 6.42 Å². The third-order valence-corrected chi connectivity index (χ3v) is 20.1. The van der Waals surface area contributed by atoms with Crippen molar-refractivity contribution in [2.75, 3.05) is 19.8 Å². The highest BCUT2D eigenvalue weighted by Gasteiger charge is 2.51. The molecule has 9 N–H and O–H groups in total. The minimum atomic E-state index is -1.79. The largest absolute Gasteiger partial charge is 0.394 e. The van der Waals surface area contributed by atoms with E-state index >= 15 is 0 Å².